The van der Waals surface area contributed by atoms with Crippen molar-refractivity contribution in [3.63, 3.8) is 0 Å². The molecule has 1 amide bonds. The lowest BCUT2D eigenvalue weighted by molar-refractivity contribution is -0.136. The Hall–Kier alpha value is -2.43. The molecule has 0 atom stereocenters. The monoisotopic (exact) mass is 372 g/mol. The maximum atomic E-state index is 13.0. The molecular weight excluding hydrogens is 353 g/mol. The normalized spacial score (nSPS) is 11.9. The molecule has 142 valence electrons. The second kappa shape index (κ2) is 8.30. The molecular formula is C16H19F3N4O3. The third-order valence-corrected chi connectivity index (χ3v) is 3.59. The van der Waals surface area contributed by atoms with Gasteiger partial charge in [-0.1, -0.05) is 0 Å². The van der Waals surface area contributed by atoms with Gasteiger partial charge in [0, 0.05) is 49.4 Å². The molecule has 7 nitrogen and oxygen atoms in total. The highest BCUT2D eigenvalue weighted by Gasteiger charge is 2.33. The van der Waals surface area contributed by atoms with Gasteiger partial charge in [0.15, 0.2) is 0 Å². The molecule has 2 aromatic rings. The van der Waals surface area contributed by atoms with Crippen molar-refractivity contribution >= 4 is 22.6 Å². The summed E-state index contributed by atoms with van der Waals surface area (Å²) in [6.45, 7) is 1.69. The van der Waals surface area contributed by atoms with Crippen LogP contribution in [0.3, 0.4) is 0 Å². The number of fused-ring (bicyclic) bond motifs is 1. The Morgan fingerprint density at radius 1 is 1.15 bits per heavy atom. The van der Waals surface area contributed by atoms with Crippen LogP contribution in [0.4, 0.5) is 18.9 Å². The number of nitrogens with two attached hydrogens (primary N) is 2. The van der Waals surface area contributed by atoms with Gasteiger partial charge in [0.1, 0.15) is 5.58 Å². The Morgan fingerprint density at radius 2 is 1.81 bits per heavy atom. The first-order chi connectivity index (χ1) is 12.2. The minimum Gasteiger partial charge on any atom is -0.423 e. The van der Waals surface area contributed by atoms with Crippen LogP contribution in [0.5, 0.6) is 0 Å². The van der Waals surface area contributed by atoms with E-state index < -0.39 is 17.4 Å². The van der Waals surface area contributed by atoms with Gasteiger partial charge in [-0.05, 0) is 12.1 Å². The van der Waals surface area contributed by atoms with Crippen molar-refractivity contribution in [2.75, 3.05) is 38.0 Å². The minimum atomic E-state index is -4.69. The summed E-state index contributed by atoms with van der Waals surface area (Å²) in [6, 6.07) is 4.04. The SMILES string of the molecule is NCCN(CCN)CC(=O)Nc1ccc2c(C(F)(F)F)cc(=O)oc2c1. The molecule has 1 aromatic heterocycles. The van der Waals surface area contributed by atoms with Gasteiger partial charge in [0.2, 0.25) is 5.91 Å². The molecule has 1 aromatic carbocycles. The predicted octanol–water partition coefficient (Wildman–Crippen LogP) is 0.970. The third kappa shape index (κ3) is 5.04. The quantitative estimate of drug-likeness (QED) is 0.624. The zero-order valence-electron chi connectivity index (χ0n) is 13.8. The van der Waals surface area contributed by atoms with E-state index in [2.05, 4.69) is 5.32 Å². The molecule has 0 unspecified atom stereocenters. The number of hydrogen-bond acceptors (Lipinski definition) is 6. The van der Waals surface area contributed by atoms with Crippen LogP contribution in [0, 0.1) is 0 Å². The molecule has 0 saturated carbocycles. The topological polar surface area (TPSA) is 115 Å². The highest BCUT2D eigenvalue weighted by atomic mass is 19.4. The van der Waals surface area contributed by atoms with Crippen LogP contribution < -0.4 is 22.4 Å². The Kier molecular flexibility index (Phi) is 6.35. The van der Waals surface area contributed by atoms with E-state index in [1.54, 1.807) is 4.90 Å². The van der Waals surface area contributed by atoms with Crippen LogP contribution in [0.1, 0.15) is 5.56 Å². The first kappa shape index (κ1) is 19.9. The smallest absolute Gasteiger partial charge is 0.417 e. The molecule has 10 heteroatoms. The first-order valence-electron chi connectivity index (χ1n) is 7.82. The maximum absolute atomic E-state index is 13.0. The molecule has 26 heavy (non-hydrogen) atoms. The third-order valence-electron chi connectivity index (χ3n) is 3.59. The first-order valence-corrected chi connectivity index (χ1v) is 7.82. The Labute approximate surface area is 146 Å². The van der Waals surface area contributed by atoms with Gasteiger partial charge in [0.25, 0.3) is 0 Å². The van der Waals surface area contributed by atoms with Crippen molar-refractivity contribution in [2.45, 2.75) is 6.18 Å². The van der Waals surface area contributed by atoms with Crippen LogP contribution in [-0.4, -0.2) is 43.5 Å². The van der Waals surface area contributed by atoms with E-state index in [9.17, 15) is 22.8 Å². The van der Waals surface area contributed by atoms with Crippen LogP contribution in [0.2, 0.25) is 0 Å². The second-order valence-electron chi connectivity index (χ2n) is 5.59. The zero-order valence-corrected chi connectivity index (χ0v) is 13.8. The summed E-state index contributed by atoms with van der Waals surface area (Å²) in [7, 11) is 0. The summed E-state index contributed by atoms with van der Waals surface area (Å²) in [5.41, 5.74) is 8.68. The Bertz CT molecular complexity index is 830. The van der Waals surface area contributed by atoms with E-state index in [1.165, 1.54) is 12.1 Å². The standard InChI is InChI=1S/C16H19F3N4O3/c17-16(18,19)12-8-15(25)26-13-7-10(1-2-11(12)13)22-14(24)9-23(5-3-20)6-4-21/h1-2,7-8H,3-6,9,20-21H2,(H,22,24). The van der Waals surface area contributed by atoms with Crippen LogP contribution in [0.15, 0.2) is 33.5 Å². The number of anilines is 1. The van der Waals surface area contributed by atoms with Crippen molar-refractivity contribution in [1.29, 1.82) is 0 Å². The maximum Gasteiger partial charge on any atom is 0.417 e. The van der Waals surface area contributed by atoms with Gasteiger partial charge in [-0.25, -0.2) is 4.79 Å². The van der Waals surface area contributed by atoms with E-state index in [1.807, 2.05) is 0 Å². The van der Waals surface area contributed by atoms with E-state index >= 15 is 0 Å². The highest BCUT2D eigenvalue weighted by Crippen LogP contribution is 2.34. The minimum absolute atomic E-state index is 0.0268. The largest absolute Gasteiger partial charge is 0.423 e. The Balaban J connectivity index is 2.23. The zero-order chi connectivity index (χ0) is 19.3. The fraction of sp³-hybridized carbons (Fsp3) is 0.375. The molecule has 0 aliphatic heterocycles. The van der Waals surface area contributed by atoms with Crippen molar-refractivity contribution in [3.8, 4) is 0 Å². The van der Waals surface area contributed by atoms with Crippen LogP contribution in [0.25, 0.3) is 11.0 Å². The molecule has 1 heterocycles. The van der Waals surface area contributed by atoms with Crippen molar-refractivity contribution in [2.24, 2.45) is 11.5 Å². The van der Waals surface area contributed by atoms with E-state index in [-0.39, 0.29) is 29.1 Å². The van der Waals surface area contributed by atoms with Crippen LogP contribution >= 0.6 is 0 Å². The molecule has 0 bridgehead atoms. The van der Waals surface area contributed by atoms with Crippen LogP contribution in [-0.2, 0) is 11.0 Å². The molecule has 5 N–H and O–H groups in total. The number of halogens is 3. The lowest BCUT2D eigenvalue weighted by Crippen LogP contribution is -2.39. The Morgan fingerprint density at radius 3 is 2.38 bits per heavy atom. The predicted molar refractivity (Wildman–Crippen MR) is 90.7 cm³/mol. The number of amides is 1. The van der Waals surface area contributed by atoms with E-state index in [0.717, 1.165) is 6.07 Å². The summed E-state index contributed by atoms with van der Waals surface area (Å²) in [5, 5.41) is 2.29. The summed E-state index contributed by atoms with van der Waals surface area (Å²) in [6.07, 6.45) is -4.69. The number of hydrogen-bond donors (Lipinski definition) is 3. The molecule has 2 rings (SSSR count). The van der Waals surface area contributed by atoms with Gasteiger partial charge in [-0.15, -0.1) is 0 Å². The van der Waals surface area contributed by atoms with Gasteiger partial charge in [-0.2, -0.15) is 13.2 Å². The fourth-order valence-electron chi connectivity index (χ4n) is 2.51. The average molecular weight is 372 g/mol. The fourth-order valence-corrected chi connectivity index (χ4v) is 2.51. The summed E-state index contributed by atoms with van der Waals surface area (Å²) in [5.74, 6) is -0.388. The number of rotatable bonds is 7. The molecule has 0 radical (unpaired) electrons. The number of nitrogens with zero attached hydrogens (tertiary/aromatic N) is 1. The summed E-state index contributed by atoms with van der Waals surface area (Å²) >= 11 is 0. The van der Waals surface area contributed by atoms with Gasteiger partial charge in [-0.3, -0.25) is 9.69 Å². The molecule has 0 fully saturated rings. The summed E-state index contributed by atoms with van der Waals surface area (Å²) in [4.78, 5) is 25.2. The van der Waals surface area contributed by atoms with E-state index in [0.29, 0.717) is 32.2 Å². The number of carbonyl (C=O) groups excluding carboxylic acids is 1. The molecule has 0 spiro atoms. The number of benzene rings is 1. The molecule has 0 aliphatic carbocycles. The van der Waals surface area contributed by atoms with Gasteiger partial charge < -0.3 is 21.2 Å². The van der Waals surface area contributed by atoms with Crippen molar-refractivity contribution in [3.05, 3.63) is 40.2 Å². The molecule has 0 saturated heterocycles. The lowest BCUT2D eigenvalue weighted by Gasteiger charge is -2.20. The van der Waals surface area contributed by atoms with Gasteiger partial charge >= 0.3 is 11.8 Å². The lowest BCUT2D eigenvalue weighted by atomic mass is 10.1. The number of alkyl halides is 3. The van der Waals surface area contributed by atoms with Crippen molar-refractivity contribution in [1.82, 2.24) is 4.90 Å². The average Bonchev–Trinajstić information content (AvgIpc) is 2.53. The number of carbonyl (C=O) groups is 1. The van der Waals surface area contributed by atoms with Gasteiger partial charge in [0.05, 0.1) is 12.1 Å². The highest BCUT2D eigenvalue weighted by molar-refractivity contribution is 5.94. The molecule has 0 aliphatic rings. The second-order valence-corrected chi connectivity index (χ2v) is 5.59. The van der Waals surface area contributed by atoms with E-state index in [4.69, 9.17) is 15.9 Å². The van der Waals surface area contributed by atoms with Crippen molar-refractivity contribution < 1.29 is 22.4 Å². The number of nitrogens with one attached hydrogen (secondary N) is 1. The summed E-state index contributed by atoms with van der Waals surface area (Å²) < 4.78 is 43.9.